The molecule has 0 atom stereocenters. The average molecular weight is 243 g/mol. The van der Waals surface area contributed by atoms with Gasteiger partial charge < -0.3 is 9.47 Å². The number of hydrogen-bond acceptors (Lipinski definition) is 3. The molecule has 0 N–H and O–H groups in total. The lowest BCUT2D eigenvalue weighted by Crippen LogP contribution is -2.08. The maximum absolute atomic E-state index is 11.4. The maximum Gasteiger partial charge on any atom is 0.310 e. The second-order valence-corrected chi connectivity index (χ2v) is 3.80. The van der Waals surface area contributed by atoms with Crippen LogP contribution in [0.5, 0.6) is 5.75 Å². The van der Waals surface area contributed by atoms with Crippen LogP contribution in [0.15, 0.2) is 12.1 Å². The molecule has 3 nitrogen and oxygen atoms in total. The topological polar surface area (TPSA) is 35.5 Å². The van der Waals surface area contributed by atoms with Gasteiger partial charge in [-0.05, 0) is 25.5 Å². The molecule has 0 amide bonds. The number of methoxy groups -OCH3 is 1. The number of ether oxygens (including phenoxy) is 2. The number of aryl methyl sites for hydroxylation is 1. The van der Waals surface area contributed by atoms with Gasteiger partial charge in [0.2, 0.25) is 0 Å². The molecule has 1 aromatic rings. The molecule has 0 fully saturated rings. The predicted molar refractivity (Wildman–Crippen MR) is 63.1 cm³/mol. The van der Waals surface area contributed by atoms with Crippen LogP contribution in [0.4, 0.5) is 0 Å². The van der Waals surface area contributed by atoms with Crippen LogP contribution in [-0.2, 0) is 16.0 Å². The third-order valence-electron chi connectivity index (χ3n) is 2.20. The van der Waals surface area contributed by atoms with Crippen molar-refractivity contribution < 1.29 is 14.3 Å². The highest BCUT2D eigenvalue weighted by molar-refractivity contribution is 6.31. The first-order chi connectivity index (χ1) is 7.58. The second-order valence-electron chi connectivity index (χ2n) is 3.40. The van der Waals surface area contributed by atoms with Gasteiger partial charge in [-0.1, -0.05) is 17.7 Å². The smallest absolute Gasteiger partial charge is 0.310 e. The van der Waals surface area contributed by atoms with Gasteiger partial charge in [0.05, 0.1) is 20.1 Å². The van der Waals surface area contributed by atoms with E-state index in [1.807, 2.05) is 13.0 Å². The Kier molecular flexibility index (Phi) is 4.62. The van der Waals surface area contributed by atoms with Gasteiger partial charge in [-0.25, -0.2) is 0 Å². The zero-order chi connectivity index (χ0) is 12.1. The van der Waals surface area contributed by atoms with Crippen LogP contribution in [0.2, 0.25) is 5.02 Å². The van der Waals surface area contributed by atoms with Gasteiger partial charge in [-0.3, -0.25) is 4.79 Å². The standard InChI is InChI=1S/C12H15ClO3/c1-4-16-12(14)6-9-5-8(2)10(13)7-11(9)15-3/h5,7H,4,6H2,1-3H3. The normalized spacial score (nSPS) is 10.0. The summed E-state index contributed by atoms with van der Waals surface area (Å²) in [5.41, 5.74) is 1.71. The fourth-order valence-corrected chi connectivity index (χ4v) is 1.57. The van der Waals surface area contributed by atoms with Gasteiger partial charge in [0.15, 0.2) is 0 Å². The highest BCUT2D eigenvalue weighted by Gasteiger charge is 2.11. The third-order valence-corrected chi connectivity index (χ3v) is 2.61. The largest absolute Gasteiger partial charge is 0.496 e. The lowest BCUT2D eigenvalue weighted by molar-refractivity contribution is -0.142. The van der Waals surface area contributed by atoms with Crippen molar-refractivity contribution in [2.45, 2.75) is 20.3 Å². The van der Waals surface area contributed by atoms with Crippen LogP contribution in [0, 0.1) is 6.92 Å². The monoisotopic (exact) mass is 242 g/mol. The van der Waals surface area contributed by atoms with E-state index in [4.69, 9.17) is 21.1 Å². The summed E-state index contributed by atoms with van der Waals surface area (Å²) in [6, 6.07) is 3.56. The van der Waals surface area contributed by atoms with Crippen molar-refractivity contribution >= 4 is 17.6 Å². The fourth-order valence-electron chi connectivity index (χ4n) is 1.42. The number of carbonyl (C=O) groups is 1. The molecule has 0 bridgehead atoms. The molecule has 0 saturated carbocycles. The summed E-state index contributed by atoms with van der Waals surface area (Å²) in [6.07, 6.45) is 0.203. The number of carbonyl (C=O) groups excluding carboxylic acids is 1. The minimum absolute atomic E-state index is 0.203. The molecule has 0 saturated heterocycles. The molecule has 4 heteroatoms. The van der Waals surface area contributed by atoms with Gasteiger partial charge in [0.1, 0.15) is 5.75 Å². The SMILES string of the molecule is CCOC(=O)Cc1cc(C)c(Cl)cc1OC. The van der Waals surface area contributed by atoms with Crippen LogP contribution in [-0.4, -0.2) is 19.7 Å². The maximum atomic E-state index is 11.4. The van der Waals surface area contributed by atoms with E-state index in [1.54, 1.807) is 20.1 Å². The Labute approximate surface area is 100 Å². The lowest BCUT2D eigenvalue weighted by Gasteiger charge is -2.10. The zero-order valence-corrected chi connectivity index (χ0v) is 10.4. The van der Waals surface area contributed by atoms with Crippen molar-refractivity contribution in [1.29, 1.82) is 0 Å². The third kappa shape index (κ3) is 3.14. The second kappa shape index (κ2) is 5.75. The van der Waals surface area contributed by atoms with Crippen molar-refractivity contribution in [3.05, 3.63) is 28.3 Å². The molecule has 0 heterocycles. The summed E-state index contributed by atoms with van der Waals surface area (Å²) in [7, 11) is 1.55. The highest BCUT2D eigenvalue weighted by atomic mass is 35.5. The van der Waals surface area contributed by atoms with Crippen molar-refractivity contribution in [1.82, 2.24) is 0 Å². The molecule has 0 spiro atoms. The summed E-state index contributed by atoms with van der Waals surface area (Å²) < 4.78 is 10.1. The molecule has 0 aliphatic rings. The molecule has 1 rings (SSSR count). The van der Waals surface area contributed by atoms with Gasteiger partial charge >= 0.3 is 5.97 Å². The van der Waals surface area contributed by atoms with Gasteiger partial charge in [0.25, 0.3) is 0 Å². The first kappa shape index (κ1) is 12.8. The van der Waals surface area contributed by atoms with Gasteiger partial charge in [-0.2, -0.15) is 0 Å². The van der Waals surface area contributed by atoms with Crippen LogP contribution < -0.4 is 4.74 Å². The number of halogens is 1. The lowest BCUT2D eigenvalue weighted by atomic mass is 10.1. The minimum Gasteiger partial charge on any atom is -0.496 e. The summed E-state index contributed by atoms with van der Waals surface area (Å²) >= 11 is 5.97. The molecule has 1 aromatic carbocycles. The Hall–Kier alpha value is -1.22. The summed E-state index contributed by atoms with van der Waals surface area (Å²) in [5, 5.41) is 0.629. The van der Waals surface area contributed by atoms with Crippen molar-refractivity contribution in [3.8, 4) is 5.75 Å². The van der Waals surface area contributed by atoms with E-state index < -0.39 is 0 Å². The van der Waals surface area contributed by atoms with Crippen molar-refractivity contribution in [2.75, 3.05) is 13.7 Å². The van der Waals surface area contributed by atoms with Crippen molar-refractivity contribution in [3.63, 3.8) is 0 Å². The number of hydrogen-bond donors (Lipinski definition) is 0. The molecule has 0 unspecified atom stereocenters. The number of rotatable bonds is 4. The van der Waals surface area contributed by atoms with Crippen LogP contribution >= 0.6 is 11.6 Å². The molecule has 16 heavy (non-hydrogen) atoms. The molecular weight excluding hydrogens is 228 g/mol. The highest BCUT2D eigenvalue weighted by Crippen LogP contribution is 2.27. The first-order valence-corrected chi connectivity index (χ1v) is 5.45. The Bertz CT molecular complexity index is 388. The quantitative estimate of drug-likeness (QED) is 0.762. The van der Waals surface area contributed by atoms with Gasteiger partial charge in [0, 0.05) is 10.6 Å². The molecule has 0 aliphatic carbocycles. The number of benzene rings is 1. The number of esters is 1. The van der Waals surface area contributed by atoms with Crippen molar-refractivity contribution in [2.24, 2.45) is 0 Å². The first-order valence-electron chi connectivity index (χ1n) is 5.07. The Balaban J connectivity index is 2.94. The van der Waals surface area contributed by atoms with E-state index in [1.165, 1.54) is 0 Å². The van der Waals surface area contributed by atoms with Crippen LogP contribution in [0.3, 0.4) is 0 Å². The van der Waals surface area contributed by atoms with E-state index in [-0.39, 0.29) is 12.4 Å². The Morgan fingerprint density at radius 1 is 1.44 bits per heavy atom. The Morgan fingerprint density at radius 2 is 2.12 bits per heavy atom. The summed E-state index contributed by atoms with van der Waals surface area (Å²) in [4.78, 5) is 11.4. The summed E-state index contributed by atoms with van der Waals surface area (Å²) in [6.45, 7) is 4.05. The van der Waals surface area contributed by atoms with E-state index in [9.17, 15) is 4.79 Å². The van der Waals surface area contributed by atoms with Gasteiger partial charge in [-0.15, -0.1) is 0 Å². The van der Waals surface area contributed by atoms with E-state index in [2.05, 4.69) is 0 Å². The van der Waals surface area contributed by atoms with Crippen LogP contribution in [0.1, 0.15) is 18.1 Å². The van der Waals surface area contributed by atoms with E-state index in [0.717, 1.165) is 11.1 Å². The minimum atomic E-state index is -0.262. The average Bonchev–Trinajstić information content (AvgIpc) is 2.23. The summed E-state index contributed by atoms with van der Waals surface area (Å²) in [5.74, 6) is 0.353. The van der Waals surface area contributed by atoms with E-state index in [0.29, 0.717) is 17.4 Å². The molecular formula is C12H15ClO3. The molecule has 0 radical (unpaired) electrons. The van der Waals surface area contributed by atoms with Crippen LogP contribution in [0.25, 0.3) is 0 Å². The zero-order valence-electron chi connectivity index (χ0n) is 9.67. The predicted octanol–water partition coefficient (Wildman–Crippen LogP) is 2.76. The Morgan fingerprint density at radius 3 is 2.69 bits per heavy atom. The molecule has 0 aliphatic heterocycles. The molecule has 88 valence electrons. The fraction of sp³-hybridized carbons (Fsp3) is 0.417. The molecule has 0 aromatic heterocycles. The van der Waals surface area contributed by atoms with E-state index >= 15 is 0 Å².